The van der Waals surface area contributed by atoms with E-state index in [1.54, 1.807) is 17.4 Å². The predicted molar refractivity (Wildman–Crippen MR) is 73.8 cm³/mol. The van der Waals surface area contributed by atoms with Gasteiger partial charge in [0.2, 0.25) is 0 Å². The fraction of sp³-hybridized carbons (Fsp3) is 0.286. The number of aryl methyl sites for hydroxylation is 1. The molecule has 18 heavy (non-hydrogen) atoms. The highest BCUT2D eigenvalue weighted by atomic mass is 35.5. The number of thiophene rings is 1. The Bertz CT molecular complexity index is 538. The van der Waals surface area contributed by atoms with Gasteiger partial charge in [-0.2, -0.15) is 0 Å². The molecule has 0 amide bonds. The van der Waals surface area contributed by atoms with Gasteiger partial charge in [-0.05, 0) is 36.2 Å². The molecular weight excluding hydrogens is 271 g/mol. The molecular formula is C14H14ClFOS. The van der Waals surface area contributed by atoms with Gasteiger partial charge in [-0.1, -0.05) is 24.6 Å². The Hall–Kier alpha value is -0.900. The molecule has 1 nitrogen and oxygen atoms in total. The lowest BCUT2D eigenvalue weighted by Gasteiger charge is -2.10. The summed E-state index contributed by atoms with van der Waals surface area (Å²) in [6.07, 6.45) is 0.891. The van der Waals surface area contributed by atoms with Crippen molar-refractivity contribution in [1.82, 2.24) is 0 Å². The van der Waals surface area contributed by atoms with Gasteiger partial charge in [0.25, 0.3) is 0 Å². The molecule has 2 rings (SSSR count). The number of rotatable bonds is 4. The normalized spacial score (nSPS) is 12.7. The summed E-state index contributed by atoms with van der Waals surface area (Å²) in [5.74, 6) is -0.461. The fourth-order valence-electron chi connectivity index (χ4n) is 1.75. The van der Waals surface area contributed by atoms with Gasteiger partial charge in [-0.15, -0.1) is 11.3 Å². The van der Waals surface area contributed by atoms with Crippen molar-refractivity contribution in [1.29, 1.82) is 0 Å². The van der Waals surface area contributed by atoms with Crippen LogP contribution in [0.5, 0.6) is 0 Å². The molecule has 0 radical (unpaired) electrons. The molecule has 0 aliphatic rings. The Labute approximate surface area is 115 Å². The second-order valence-electron chi connectivity index (χ2n) is 4.12. The van der Waals surface area contributed by atoms with Crippen molar-refractivity contribution in [2.45, 2.75) is 25.9 Å². The summed E-state index contributed by atoms with van der Waals surface area (Å²) in [7, 11) is 0. The van der Waals surface area contributed by atoms with Crippen molar-refractivity contribution >= 4 is 22.9 Å². The van der Waals surface area contributed by atoms with Crippen LogP contribution in [0.1, 0.15) is 28.3 Å². The Morgan fingerprint density at radius 2 is 2.00 bits per heavy atom. The molecule has 96 valence electrons. The highest BCUT2D eigenvalue weighted by Gasteiger charge is 2.12. The second-order valence-corrected chi connectivity index (χ2v) is 5.78. The van der Waals surface area contributed by atoms with E-state index in [2.05, 4.69) is 13.0 Å². The topological polar surface area (TPSA) is 20.2 Å². The minimum absolute atomic E-state index is 0.0481. The van der Waals surface area contributed by atoms with Crippen LogP contribution in [0.25, 0.3) is 0 Å². The number of hydrogen-bond acceptors (Lipinski definition) is 2. The van der Waals surface area contributed by atoms with Gasteiger partial charge in [0, 0.05) is 16.2 Å². The van der Waals surface area contributed by atoms with Gasteiger partial charge in [-0.3, -0.25) is 0 Å². The van der Waals surface area contributed by atoms with Gasteiger partial charge >= 0.3 is 0 Å². The number of aliphatic hydroxyl groups is 1. The standard InChI is InChI=1S/C14H14ClFOS/c1-2-10-4-5-11(18-10)8-14(17)9-3-6-13(16)12(15)7-9/h3-7,14,17H,2,8H2,1H3. The molecule has 0 bridgehead atoms. The molecule has 0 aliphatic heterocycles. The van der Waals surface area contributed by atoms with Gasteiger partial charge in [0.15, 0.2) is 0 Å². The summed E-state index contributed by atoms with van der Waals surface area (Å²) in [4.78, 5) is 2.43. The molecule has 1 N–H and O–H groups in total. The van der Waals surface area contributed by atoms with Crippen LogP contribution < -0.4 is 0 Å². The first kappa shape index (κ1) is 13.5. The third-order valence-electron chi connectivity index (χ3n) is 2.79. The number of halogens is 2. The van der Waals surface area contributed by atoms with E-state index >= 15 is 0 Å². The lowest BCUT2D eigenvalue weighted by atomic mass is 10.1. The molecule has 1 heterocycles. The molecule has 1 aromatic heterocycles. The fourth-order valence-corrected chi connectivity index (χ4v) is 2.93. The zero-order valence-corrected chi connectivity index (χ0v) is 11.6. The highest BCUT2D eigenvalue weighted by molar-refractivity contribution is 7.11. The van der Waals surface area contributed by atoms with E-state index in [9.17, 15) is 9.50 Å². The van der Waals surface area contributed by atoms with Crippen molar-refractivity contribution in [2.75, 3.05) is 0 Å². The van der Waals surface area contributed by atoms with Crippen molar-refractivity contribution in [3.05, 3.63) is 56.5 Å². The quantitative estimate of drug-likeness (QED) is 0.883. The van der Waals surface area contributed by atoms with E-state index in [4.69, 9.17) is 11.6 Å². The van der Waals surface area contributed by atoms with Crippen LogP contribution in [0.15, 0.2) is 30.3 Å². The van der Waals surface area contributed by atoms with E-state index in [1.165, 1.54) is 17.0 Å². The molecule has 1 atom stereocenters. The summed E-state index contributed by atoms with van der Waals surface area (Å²) in [6.45, 7) is 2.10. The summed E-state index contributed by atoms with van der Waals surface area (Å²) in [5.41, 5.74) is 0.646. The summed E-state index contributed by atoms with van der Waals surface area (Å²) < 4.78 is 13.0. The zero-order chi connectivity index (χ0) is 13.1. The minimum atomic E-state index is -0.647. The van der Waals surface area contributed by atoms with Crippen LogP contribution in [0.2, 0.25) is 5.02 Å². The van der Waals surface area contributed by atoms with Crippen molar-refractivity contribution in [3.8, 4) is 0 Å². The summed E-state index contributed by atoms with van der Waals surface area (Å²) in [5, 5.41) is 10.1. The molecule has 1 unspecified atom stereocenters. The molecule has 0 saturated heterocycles. The van der Waals surface area contributed by atoms with Crippen LogP contribution in [-0.4, -0.2) is 5.11 Å². The monoisotopic (exact) mass is 284 g/mol. The molecule has 2 aromatic rings. The maximum atomic E-state index is 13.0. The average molecular weight is 285 g/mol. The molecule has 4 heteroatoms. The SMILES string of the molecule is CCc1ccc(CC(O)c2ccc(F)c(Cl)c2)s1. The van der Waals surface area contributed by atoms with Crippen LogP contribution in [0, 0.1) is 5.82 Å². The Morgan fingerprint density at radius 3 is 2.61 bits per heavy atom. The molecule has 1 aromatic carbocycles. The molecule has 0 aliphatic carbocycles. The largest absolute Gasteiger partial charge is 0.388 e. The first-order valence-electron chi connectivity index (χ1n) is 5.80. The Kier molecular flexibility index (Phi) is 4.38. The van der Waals surface area contributed by atoms with Gasteiger partial charge < -0.3 is 5.11 Å². The second kappa shape index (κ2) is 5.83. The van der Waals surface area contributed by atoms with Crippen LogP contribution in [-0.2, 0) is 12.8 Å². The van der Waals surface area contributed by atoms with Crippen LogP contribution >= 0.6 is 22.9 Å². The van der Waals surface area contributed by atoms with Gasteiger partial charge in [0.1, 0.15) is 5.82 Å². The van der Waals surface area contributed by atoms with Gasteiger partial charge in [-0.25, -0.2) is 4.39 Å². The summed E-state index contributed by atoms with van der Waals surface area (Å²) >= 11 is 7.40. The van der Waals surface area contributed by atoms with Crippen molar-refractivity contribution in [2.24, 2.45) is 0 Å². The Balaban J connectivity index is 2.11. The third kappa shape index (κ3) is 3.10. The zero-order valence-electron chi connectivity index (χ0n) is 9.99. The highest BCUT2D eigenvalue weighted by Crippen LogP contribution is 2.26. The van der Waals surface area contributed by atoms with E-state index in [0.29, 0.717) is 12.0 Å². The van der Waals surface area contributed by atoms with Crippen molar-refractivity contribution < 1.29 is 9.50 Å². The van der Waals surface area contributed by atoms with E-state index < -0.39 is 11.9 Å². The minimum Gasteiger partial charge on any atom is -0.388 e. The number of benzene rings is 1. The first-order valence-corrected chi connectivity index (χ1v) is 7.00. The molecule has 0 spiro atoms. The van der Waals surface area contributed by atoms with Crippen LogP contribution in [0.4, 0.5) is 4.39 Å². The van der Waals surface area contributed by atoms with Gasteiger partial charge in [0.05, 0.1) is 11.1 Å². The van der Waals surface area contributed by atoms with Crippen molar-refractivity contribution in [3.63, 3.8) is 0 Å². The number of hydrogen-bond donors (Lipinski definition) is 1. The van der Waals surface area contributed by atoms with E-state index in [0.717, 1.165) is 11.3 Å². The molecule has 0 saturated carbocycles. The summed E-state index contributed by atoms with van der Waals surface area (Å²) in [6, 6.07) is 8.44. The maximum Gasteiger partial charge on any atom is 0.141 e. The number of aliphatic hydroxyl groups excluding tert-OH is 1. The molecule has 0 fully saturated rings. The lowest BCUT2D eigenvalue weighted by molar-refractivity contribution is 0.179. The predicted octanol–water partition coefficient (Wildman–Crippen LogP) is 4.38. The van der Waals surface area contributed by atoms with E-state index in [-0.39, 0.29) is 5.02 Å². The average Bonchev–Trinajstić information content (AvgIpc) is 2.80. The smallest absolute Gasteiger partial charge is 0.141 e. The first-order chi connectivity index (χ1) is 8.60. The maximum absolute atomic E-state index is 13.0. The Morgan fingerprint density at radius 1 is 1.28 bits per heavy atom. The van der Waals surface area contributed by atoms with E-state index in [1.807, 2.05) is 6.07 Å². The third-order valence-corrected chi connectivity index (χ3v) is 4.33. The lowest BCUT2D eigenvalue weighted by Crippen LogP contribution is -2.00. The van der Waals surface area contributed by atoms with Crippen LogP contribution in [0.3, 0.4) is 0 Å².